The molecule has 1 saturated heterocycles. The van der Waals surface area contributed by atoms with Crippen LogP contribution >= 0.6 is 0 Å². The van der Waals surface area contributed by atoms with E-state index in [4.69, 9.17) is 9.47 Å². The number of ether oxygens (including phenoxy) is 2. The maximum Gasteiger partial charge on any atom is 0.227 e. The molecule has 1 fully saturated rings. The number of rotatable bonds is 8. The normalized spacial score (nSPS) is 16.4. The number of amides is 2. The third-order valence-electron chi connectivity index (χ3n) is 4.95. The van der Waals surface area contributed by atoms with E-state index in [1.165, 1.54) is 31.3 Å². The van der Waals surface area contributed by atoms with Gasteiger partial charge in [0, 0.05) is 31.3 Å². The summed E-state index contributed by atoms with van der Waals surface area (Å²) >= 11 is 0. The van der Waals surface area contributed by atoms with E-state index < -0.39 is 15.8 Å². The molecule has 2 amide bonds. The van der Waals surface area contributed by atoms with E-state index in [0.29, 0.717) is 17.2 Å². The monoisotopic (exact) mass is 432 g/mol. The van der Waals surface area contributed by atoms with E-state index in [0.717, 1.165) is 0 Å². The Bertz CT molecular complexity index is 1020. The Morgan fingerprint density at radius 3 is 2.47 bits per heavy atom. The first-order chi connectivity index (χ1) is 14.4. The van der Waals surface area contributed by atoms with Crippen LogP contribution in [0.25, 0.3) is 0 Å². The van der Waals surface area contributed by atoms with Gasteiger partial charge in [-0.1, -0.05) is 18.2 Å². The number of sulfone groups is 1. The van der Waals surface area contributed by atoms with E-state index in [9.17, 15) is 18.0 Å². The molecule has 1 N–H and O–H groups in total. The lowest BCUT2D eigenvalue weighted by atomic mass is 10.1. The number of benzene rings is 2. The van der Waals surface area contributed by atoms with Crippen molar-refractivity contribution in [1.82, 2.24) is 5.32 Å². The van der Waals surface area contributed by atoms with E-state index in [1.54, 1.807) is 36.4 Å². The van der Waals surface area contributed by atoms with Gasteiger partial charge in [-0.3, -0.25) is 9.59 Å². The minimum atomic E-state index is -3.48. The number of hydrogen-bond donors (Lipinski definition) is 1. The molecule has 3 rings (SSSR count). The second-order valence-corrected chi connectivity index (χ2v) is 8.98. The third-order valence-corrected chi connectivity index (χ3v) is 6.68. The van der Waals surface area contributed by atoms with Crippen LogP contribution < -0.4 is 19.7 Å². The summed E-state index contributed by atoms with van der Waals surface area (Å²) in [6.45, 7) is 0.197. The summed E-state index contributed by atoms with van der Waals surface area (Å²) in [4.78, 5) is 26.7. The standard InChI is InChI=1S/C21H24N2O6S/c1-28-18-9-8-16(13-19(18)29-2)23-14-15(12-20(23)24)21(25)22-10-11-30(26,27)17-6-4-3-5-7-17/h3-9,13,15H,10-12,14H2,1-2H3,(H,22,25)/t15-/m1/s1. The predicted octanol–water partition coefficient (Wildman–Crippen LogP) is 1.65. The highest BCUT2D eigenvalue weighted by Crippen LogP contribution is 2.34. The van der Waals surface area contributed by atoms with Crippen molar-refractivity contribution in [3.63, 3.8) is 0 Å². The fraction of sp³-hybridized carbons (Fsp3) is 0.333. The Hall–Kier alpha value is -3.07. The lowest BCUT2D eigenvalue weighted by Crippen LogP contribution is -2.35. The van der Waals surface area contributed by atoms with Crippen LogP contribution in [0, 0.1) is 5.92 Å². The van der Waals surface area contributed by atoms with Gasteiger partial charge in [-0.15, -0.1) is 0 Å². The van der Waals surface area contributed by atoms with Crippen molar-refractivity contribution in [2.75, 3.05) is 38.0 Å². The largest absolute Gasteiger partial charge is 0.493 e. The summed E-state index contributed by atoms with van der Waals surface area (Å²) in [6, 6.07) is 13.2. The van der Waals surface area contributed by atoms with Crippen molar-refractivity contribution in [3.8, 4) is 11.5 Å². The van der Waals surface area contributed by atoms with Crippen molar-refractivity contribution >= 4 is 27.3 Å². The lowest BCUT2D eigenvalue weighted by molar-refractivity contribution is -0.126. The van der Waals surface area contributed by atoms with E-state index in [2.05, 4.69) is 5.32 Å². The van der Waals surface area contributed by atoms with E-state index in [1.807, 2.05) is 0 Å². The molecule has 0 radical (unpaired) electrons. The zero-order valence-electron chi connectivity index (χ0n) is 16.8. The van der Waals surface area contributed by atoms with E-state index in [-0.39, 0.29) is 42.0 Å². The molecule has 0 aromatic heterocycles. The molecule has 160 valence electrons. The molecular weight excluding hydrogens is 408 g/mol. The van der Waals surface area contributed by atoms with Gasteiger partial charge in [0.05, 0.1) is 30.8 Å². The number of methoxy groups -OCH3 is 2. The highest BCUT2D eigenvalue weighted by molar-refractivity contribution is 7.91. The van der Waals surface area contributed by atoms with Gasteiger partial charge < -0.3 is 19.7 Å². The Kier molecular flexibility index (Phi) is 6.61. The Balaban J connectivity index is 1.59. The van der Waals surface area contributed by atoms with Crippen molar-refractivity contribution in [1.29, 1.82) is 0 Å². The highest BCUT2D eigenvalue weighted by atomic mass is 32.2. The van der Waals surface area contributed by atoms with Gasteiger partial charge in [0.1, 0.15) is 0 Å². The van der Waals surface area contributed by atoms with Crippen LogP contribution in [0.4, 0.5) is 5.69 Å². The number of anilines is 1. The van der Waals surface area contributed by atoms with Crippen LogP contribution in [-0.2, 0) is 19.4 Å². The van der Waals surface area contributed by atoms with Gasteiger partial charge in [0.15, 0.2) is 21.3 Å². The molecule has 9 heteroatoms. The van der Waals surface area contributed by atoms with Crippen LogP contribution in [0.1, 0.15) is 6.42 Å². The Morgan fingerprint density at radius 1 is 1.10 bits per heavy atom. The fourth-order valence-corrected chi connectivity index (χ4v) is 4.50. The van der Waals surface area contributed by atoms with Gasteiger partial charge >= 0.3 is 0 Å². The number of hydrogen-bond acceptors (Lipinski definition) is 6. The minimum Gasteiger partial charge on any atom is -0.493 e. The lowest BCUT2D eigenvalue weighted by Gasteiger charge is -2.18. The van der Waals surface area contributed by atoms with Crippen molar-refractivity contribution < 1.29 is 27.5 Å². The smallest absolute Gasteiger partial charge is 0.227 e. The van der Waals surface area contributed by atoms with Crippen LogP contribution in [0.2, 0.25) is 0 Å². The number of nitrogens with one attached hydrogen (secondary N) is 1. The van der Waals surface area contributed by atoms with Crippen molar-refractivity contribution in [2.24, 2.45) is 5.92 Å². The van der Waals surface area contributed by atoms with Gasteiger partial charge in [0.2, 0.25) is 11.8 Å². The SMILES string of the molecule is COc1ccc(N2C[C@H](C(=O)NCCS(=O)(=O)c3ccccc3)CC2=O)cc1OC. The highest BCUT2D eigenvalue weighted by Gasteiger charge is 2.35. The van der Waals surface area contributed by atoms with Gasteiger partial charge in [-0.25, -0.2) is 8.42 Å². The maximum absolute atomic E-state index is 12.5. The van der Waals surface area contributed by atoms with E-state index >= 15 is 0 Å². The zero-order valence-corrected chi connectivity index (χ0v) is 17.6. The second-order valence-electron chi connectivity index (χ2n) is 6.87. The summed E-state index contributed by atoms with van der Waals surface area (Å²) in [6.07, 6.45) is 0.0611. The number of carbonyl (C=O) groups is 2. The second kappa shape index (κ2) is 9.17. The average Bonchev–Trinajstić information content (AvgIpc) is 3.15. The first-order valence-corrected chi connectivity index (χ1v) is 11.1. The first-order valence-electron chi connectivity index (χ1n) is 9.43. The Morgan fingerprint density at radius 2 is 1.80 bits per heavy atom. The summed E-state index contributed by atoms with van der Waals surface area (Å²) < 4.78 is 35.1. The van der Waals surface area contributed by atoms with Crippen LogP contribution in [-0.4, -0.2) is 53.3 Å². The summed E-state index contributed by atoms with van der Waals surface area (Å²) in [5.74, 6) is -0.245. The van der Waals surface area contributed by atoms with Crippen LogP contribution in [0.3, 0.4) is 0 Å². The molecule has 2 aromatic rings. The molecule has 0 unspecified atom stereocenters. The summed E-state index contributed by atoms with van der Waals surface area (Å²) in [5.41, 5.74) is 0.611. The minimum absolute atomic E-state index is 0.0168. The van der Waals surface area contributed by atoms with Crippen LogP contribution in [0.15, 0.2) is 53.4 Å². The Labute approximate surface area is 175 Å². The van der Waals surface area contributed by atoms with Gasteiger partial charge in [-0.05, 0) is 24.3 Å². The molecule has 2 aromatic carbocycles. The van der Waals surface area contributed by atoms with Crippen molar-refractivity contribution in [3.05, 3.63) is 48.5 Å². The van der Waals surface area contributed by atoms with Gasteiger partial charge in [0.25, 0.3) is 0 Å². The van der Waals surface area contributed by atoms with Gasteiger partial charge in [-0.2, -0.15) is 0 Å². The first kappa shape index (κ1) is 21.6. The molecule has 0 aliphatic carbocycles. The molecule has 30 heavy (non-hydrogen) atoms. The molecule has 8 nitrogen and oxygen atoms in total. The molecule has 1 aliphatic heterocycles. The quantitative estimate of drug-likeness (QED) is 0.681. The maximum atomic E-state index is 12.5. The van der Waals surface area contributed by atoms with Crippen LogP contribution in [0.5, 0.6) is 11.5 Å². The fourth-order valence-electron chi connectivity index (χ4n) is 3.32. The third kappa shape index (κ3) is 4.73. The molecule has 0 bridgehead atoms. The molecule has 1 heterocycles. The van der Waals surface area contributed by atoms with Crippen molar-refractivity contribution in [2.45, 2.75) is 11.3 Å². The number of nitrogens with zero attached hydrogens (tertiary/aromatic N) is 1. The predicted molar refractivity (Wildman–Crippen MR) is 112 cm³/mol. The molecule has 0 saturated carbocycles. The number of carbonyl (C=O) groups excluding carboxylic acids is 2. The molecular formula is C21H24N2O6S. The molecule has 1 atom stereocenters. The summed E-state index contributed by atoms with van der Waals surface area (Å²) in [5, 5.41) is 2.64. The molecule has 1 aliphatic rings. The molecule has 0 spiro atoms. The zero-order chi connectivity index (χ0) is 21.7. The topological polar surface area (TPSA) is 102 Å². The average molecular weight is 432 g/mol. The summed E-state index contributed by atoms with van der Waals surface area (Å²) in [7, 11) is -0.444.